The molecular formula is C31H30N2O5S. The lowest BCUT2D eigenvalue weighted by atomic mass is 9.49. The van der Waals surface area contributed by atoms with Crippen molar-refractivity contribution < 1.29 is 23.4 Å². The monoisotopic (exact) mass is 542 g/mol. The minimum atomic E-state index is -3.75. The lowest BCUT2D eigenvalue weighted by molar-refractivity contribution is -0.173. The summed E-state index contributed by atoms with van der Waals surface area (Å²) in [4.78, 5) is 2.49. The lowest BCUT2D eigenvalue weighted by Gasteiger charge is -2.62. The van der Waals surface area contributed by atoms with Crippen LogP contribution in [0, 0.1) is 5.92 Å². The smallest absolute Gasteiger partial charge is 0.236 e. The highest BCUT2D eigenvalue weighted by molar-refractivity contribution is 7.89. The summed E-state index contributed by atoms with van der Waals surface area (Å²) in [6.45, 7) is 1.80. The van der Waals surface area contributed by atoms with Crippen molar-refractivity contribution in [3.63, 3.8) is 0 Å². The number of nitrogens with zero attached hydrogens (tertiary/aromatic N) is 2. The van der Waals surface area contributed by atoms with E-state index in [1.165, 1.54) is 23.1 Å². The van der Waals surface area contributed by atoms with Crippen LogP contribution in [0.1, 0.15) is 47.8 Å². The fourth-order valence-corrected chi connectivity index (χ4v) is 9.91. The van der Waals surface area contributed by atoms with Gasteiger partial charge in [0.25, 0.3) is 0 Å². The van der Waals surface area contributed by atoms with Crippen LogP contribution in [-0.2, 0) is 28.3 Å². The first-order valence-corrected chi connectivity index (χ1v) is 15.8. The molecule has 1 saturated carbocycles. The number of hydrogen-bond donors (Lipinski definition) is 2. The van der Waals surface area contributed by atoms with E-state index in [-0.39, 0.29) is 11.8 Å². The maximum absolute atomic E-state index is 13.6. The van der Waals surface area contributed by atoms with Gasteiger partial charge in [0.15, 0.2) is 17.6 Å². The van der Waals surface area contributed by atoms with Gasteiger partial charge in [0.2, 0.25) is 10.0 Å². The Labute approximate surface area is 226 Å². The molecule has 200 valence electrons. The third-order valence-electron chi connectivity index (χ3n) is 10.5. The molecule has 4 aromatic rings. The quantitative estimate of drug-likeness (QED) is 0.407. The Hall–Kier alpha value is -3.07. The van der Waals surface area contributed by atoms with Gasteiger partial charge in [-0.3, -0.25) is 4.90 Å². The minimum absolute atomic E-state index is 0.0488. The number of aromatic nitrogens is 1. The molecule has 9 rings (SSSR count). The van der Waals surface area contributed by atoms with Gasteiger partial charge < -0.3 is 14.9 Å². The zero-order valence-corrected chi connectivity index (χ0v) is 22.5. The predicted octanol–water partition coefficient (Wildman–Crippen LogP) is 4.01. The average molecular weight is 543 g/mol. The Morgan fingerprint density at radius 3 is 2.69 bits per heavy atom. The number of hydrogen-bond acceptors (Lipinski definition) is 6. The van der Waals surface area contributed by atoms with Crippen LogP contribution in [0.15, 0.2) is 48.5 Å². The molecule has 4 atom stereocenters. The first-order chi connectivity index (χ1) is 18.7. The normalized spacial score (nSPS) is 30.8. The Morgan fingerprint density at radius 1 is 1.08 bits per heavy atom. The van der Waals surface area contributed by atoms with E-state index in [2.05, 4.69) is 4.90 Å². The van der Waals surface area contributed by atoms with Crippen molar-refractivity contribution in [3.8, 4) is 11.5 Å². The molecule has 2 bridgehead atoms. The maximum Gasteiger partial charge on any atom is 0.236 e. The fourth-order valence-electron chi connectivity index (χ4n) is 8.82. The summed E-state index contributed by atoms with van der Waals surface area (Å²) in [6.07, 6.45) is 4.69. The second kappa shape index (κ2) is 6.97. The number of phenols is 1. The number of phenolic OH excluding ortho intramolecular Hbond substituents is 1. The van der Waals surface area contributed by atoms with Crippen molar-refractivity contribution in [1.29, 1.82) is 0 Å². The Morgan fingerprint density at radius 2 is 1.90 bits per heavy atom. The highest BCUT2D eigenvalue weighted by atomic mass is 32.2. The van der Waals surface area contributed by atoms with Crippen molar-refractivity contribution in [3.05, 3.63) is 70.9 Å². The van der Waals surface area contributed by atoms with Crippen molar-refractivity contribution >= 4 is 31.7 Å². The third kappa shape index (κ3) is 2.59. The number of likely N-dealkylation sites (tertiary alicyclic amines) is 1. The SMILES string of the molecule is CS(=O)(=O)n1c2c(c3ccc4ccccc4c31)CC1(O)[C@H]3Cc4ccc(O)c5c4[C@@]1(CCN3CC1CC1)C2O5. The van der Waals surface area contributed by atoms with Crippen molar-refractivity contribution in [2.45, 2.75) is 55.3 Å². The summed E-state index contributed by atoms with van der Waals surface area (Å²) in [5.74, 6) is 1.15. The van der Waals surface area contributed by atoms with Crippen molar-refractivity contribution in [1.82, 2.24) is 8.87 Å². The van der Waals surface area contributed by atoms with Gasteiger partial charge >= 0.3 is 0 Å². The molecule has 7 nitrogen and oxygen atoms in total. The zero-order chi connectivity index (χ0) is 26.5. The topological polar surface area (TPSA) is 92.0 Å². The molecule has 3 heterocycles. The van der Waals surface area contributed by atoms with Gasteiger partial charge in [0.1, 0.15) is 0 Å². The van der Waals surface area contributed by atoms with Crippen LogP contribution in [0.25, 0.3) is 21.7 Å². The molecule has 3 aliphatic carbocycles. The third-order valence-corrected chi connectivity index (χ3v) is 11.5. The molecule has 0 radical (unpaired) electrons. The van der Waals surface area contributed by atoms with Crippen molar-refractivity contribution in [2.75, 3.05) is 19.3 Å². The van der Waals surface area contributed by atoms with E-state index >= 15 is 0 Å². The van der Waals surface area contributed by atoms with Gasteiger partial charge in [-0.1, -0.05) is 42.5 Å². The van der Waals surface area contributed by atoms with Gasteiger partial charge in [-0.2, -0.15) is 0 Å². The molecule has 39 heavy (non-hydrogen) atoms. The minimum Gasteiger partial charge on any atom is -0.504 e. The van der Waals surface area contributed by atoms with E-state index in [9.17, 15) is 18.6 Å². The number of aromatic hydroxyl groups is 1. The molecule has 2 unspecified atom stereocenters. The van der Waals surface area contributed by atoms with Crippen LogP contribution < -0.4 is 4.74 Å². The molecule has 2 fully saturated rings. The fraction of sp³-hybridized carbons (Fsp3) is 0.419. The summed E-state index contributed by atoms with van der Waals surface area (Å²) in [6, 6.07) is 15.4. The molecule has 2 aliphatic heterocycles. The van der Waals surface area contributed by atoms with Gasteiger partial charge in [-0.15, -0.1) is 0 Å². The number of fused-ring (bicyclic) bond motifs is 6. The van der Waals surface area contributed by atoms with Crippen LogP contribution in [0.5, 0.6) is 11.5 Å². The number of ether oxygens (including phenoxy) is 1. The maximum atomic E-state index is 13.6. The van der Waals surface area contributed by atoms with E-state index in [4.69, 9.17) is 4.74 Å². The van der Waals surface area contributed by atoms with Crippen LogP contribution >= 0.6 is 0 Å². The van der Waals surface area contributed by atoms with E-state index in [1.807, 2.05) is 42.5 Å². The van der Waals surface area contributed by atoms with Crippen LogP contribution in [0.4, 0.5) is 0 Å². The molecule has 1 aromatic heterocycles. The molecule has 0 amide bonds. The summed E-state index contributed by atoms with van der Waals surface area (Å²) >= 11 is 0. The Bertz CT molecular complexity index is 1880. The second-order valence-corrected chi connectivity index (χ2v) is 14.3. The summed E-state index contributed by atoms with van der Waals surface area (Å²) in [5.41, 5.74) is 2.08. The van der Waals surface area contributed by atoms with E-state index < -0.39 is 27.1 Å². The standard InChI is InChI=1S/C31H30N2O5S/c1-39(36,37)33-26-20-5-3-2-4-18(20)8-10-21(26)22-15-31(35)24-14-19-9-11-23(34)28-25(19)30(31,29(38-28)27(22)33)12-13-32(24)16-17-6-7-17/h2-5,8-11,17,24,29,34-35H,6-7,12-16H2,1H3/t24-,29?,30+,31?/m1/s1. The summed E-state index contributed by atoms with van der Waals surface area (Å²) in [7, 11) is -3.75. The number of benzene rings is 3. The number of piperidine rings is 1. The number of rotatable bonds is 3. The number of aliphatic hydroxyl groups is 1. The average Bonchev–Trinajstić information content (AvgIpc) is 3.55. The van der Waals surface area contributed by atoms with Gasteiger partial charge in [0, 0.05) is 35.3 Å². The molecule has 8 heteroatoms. The van der Waals surface area contributed by atoms with Gasteiger partial charge in [-0.25, -0.2) is 12.4 Å². The van der Waals surface area contributed by atoms with Crippen LogP contribution in [-0.4, -0.2) is 58.5 Å². The Balaban J connectivity index is 1.41. The largest absolute Gasteiger partial charge is 0.504 e. The van der Waals surface area contributed by atoms with E-state index in [0.717, 1.165) is 45.9 Å². The predicted molar refractivity (Wildman–Crippen MR) is 148 cm³/mol. The van der Waals surface area contributed by atoms with Crippen LogP contribution in [0.2, 0.25) is 0 Å². The van der Waals surface area contributed by atoms with Crippen LogP contribution in [0.3, 0.4) is 0 Å². The lowest BCUT2D eigenvalue weighted by Crippen LogP contribution is -2.74. The first kappa shape index (κ1) is 22.7. The first-order valence-electron chi connectivity index (χ1n) is 14.0. The molecular weight excluding hydrogens is 512 g/mol. The Kier molecular flexibility index (Phi) is 4.06. The molecule has 1 saturated heterocycles. The molecule has 1 spiro atoms. The second-order valence-electron chi connectivity index (χ2n) is 12.5. The summed E-state index contributed by atoms with van der Waals surface area (Å²) in [5, 5.41) is 26.7. The molecule has 3 aromatic carbocycles. The van der Waals surface area contributed by atoms with E-state index in [1.54, 1.807) is 6.07 Å². The van der Waals surface area contributed by atoms with Gasteiger partial charge in [0.05, 0.1) is 28.5 Å². The van der Waals surface area contributed by atoms with E-state index in [0.29, 0.717) is 42.1 Å². The molecule has 2 N–H and O–H groups in total. The molecule has 5 aliphatic rings. The summed E-state index contributed by atoms with van der Waals surface area (Å²) < 4.78 is 35.4. The highest BCUT2D eigenvalue weighted by Crippen LogP contribution is 2.69. The van der Waals surface area contributed by atoms with Gasteiger partial charge in [-0.05, 0) is 60.7 Å². The zero-order valence-electron chi connectivity index (χ0n) is 21.7. The highest BCUT2D eigenvalue weighted by Gasteiger charge is 2.73. The van der Waals surface area contributed by atoms with Crippen molar-refractivity contribution in [2.24, 2.45) is 5.92 Å².